The van der Waals surface area contributed by atoms with Crippen molar-refractivity contribution in [1.82, 2.24) is 20.2 Å². The maximum Gasteiger partial charge on any atom is 0.224 e. The van der Waals surface area contributed by atoms with Crippen molar-refractivity contribution in [2.24, 2.45) is 0 Å². The molecule has 0 aliphatic rings. The first-order valence-electron chi connectivity index (χ1n) is 8.58. The standard InChI is InChI=1S/C20H24N4O2/c1-24(2)9-8-21-19(25)11-16-13-23-20-18(16)10-15(12-22-20)14-4-6-17(26-3)7-5-14/h4-7,10,12-13H,8-9,11H2,1-3H3,(H,21,25)(H,22,23). The minimum absolute atomic E-state index is 0.0163. The molecule has 6 heteroatoms. The number of carbonyl (C=O) groups is 1. The van der Waals surface area contributed by atoms with Crippen molar-refractivity contribution in [3.8, 4) is 16.9 Å². The summed E-state index contributed by atoms with van der Waals surface area (Å²) in [5, 5.41) is 3.92. The number of hydrogen-bond acceptors (Lipinski definition) is 4. The van der Waals surface area contributed by atoms with Crippen LogP contribution in [0.5, 0.6) is 5.75 Å². The van der Waals surface area contributed by atoms with E-state index in [1.165, 1.54) is 0 Å². The average molecular weight is 352 g/mol. The topological polar surface area (TPSA) is 70.2 Å². The summed E-state index contributed by atoms with van der Waals surface area (Å²) in [5.74, 6) is 0.835. The second kappa shape index (κ2) is 8.01. The van der Waals surface area contributed by atoms with Crippen molar-refractivity contribution < 1.29 is 9.53 Å². The predicted octanol–water partition coefficient (Wildman–Crippen LogP) is 2.46. The molecule has 0 unspecified atom stereocenters. The van der Waals surface area contributed by atoms with Crippen molar-refractivity contribution in [3.05, 3.63) is 48.3 Å². The molecule has 0 aliphatic heterocycles. The van der Waals surface area contributed by atoms with Gasteiger partial charge in [-0.05, 0) is 43.4 Å². The van der Waals surface area contributed by atoms with Crippen LogP contribution in [0, 0.1) is 0 Å². The molecule has 0 saturated carbocycles. The Bertz CT molecular complexity index is 884. The number of nitrogens with zero attached hydrogens (tertiary/aromatic N) is 2. The molecule has 0 aliphatic carbocycles. The van der Waals surface area contributed by atoms with Crippen LogP contribution in [0.3, 0.4) is 0 Å². The zero-order valence-corrected chi connectivity index (χ0v) is 15.4. The third kappa shape index (κ3) is 4.21. The number of pyridine rings is 1. The molecule has 0 saturated heterocycles. The van der Waals surface area contributed by atoms with Gasteiger partial charge in [-0.15, -0.1) is 0 Å². The molecule has 26 heavy (non-hydrogen) atoms. The molecule has 6 nitrogen and oxygen atoms in total. The second-order valence-corrected chi connectivity index (χ2v) is 6.49. The lowest BCUT2D eigenvalue weighted by atomic mass is 10.0. The number of aromatic nitrogens is 2. The Morgan fingerprint density at radius 3 is 2.69 bits per heavy atom. The second-order valence-electron chi connectivity index (χ2n) is 6.49. The van der Waals surface area contributed by atoms with E-state index in [2.05, 4.69) is 21.4 Å². The van der Waals surface area contributed by atoms with E-state index in [0.29, 0.717) is 13.0 Å². The summed E-state index contributed by atoms with van der Waals surface area (Å²) in [6.45, 7) is 1.46. The van der Waals surface area contributed by atoms with Gasteiger partial charge >= 0.3 is 0 Å². The van der Waals surface area contributed by atoms with Crippen LogP contribution in [0.2, 0.25) is 0 Å². The number of amides is 1. The van der Waals surface area contributed by atoms with E-state index in [4.69, 9.17) is 4.74 Å². The summed E-state index contributed by atoms with van der Waals surface area (Å²) < 4.78 is 5.20. The van der Waals surface area contributed by atoms with E-state index < -0.39 is 0 Å². The van der Waals surface area contributed by atoms with Gasteiger partial charge in [0.15, 0.2) is 0 Å². The maximum atomic E-state index is 12.2. The zero-order chi connectivity index (χ0) is 18.5. The molecule has 2 heterocycles. The Hall–Kier alpha value is -2.86. The Morgan fingerprint density at radius 2 is 2.00 bits per heavy atom. The summed E-state index contributed by atoms with van der Waals surface area (Å²) >= 11 is 0. The summed E-state index contributed by atoms with van der Waals surface area (Å²) in [6.07, 6.45) is 4.03. The Kier molecular flexibility index (Phi) is 5.53. The fourth-order valence-electron chi connectivity index (χ4n) is 2.80. The predicted molar refractivity (Wildman–Crippen MR) is 103 cm³/mol. The highest BCUT2D eigenvalue weighted by atomic mass is 16.5. The molecule has 0 fully saturated rings. The van der Waals surface area contributed by atoms with Crippen molar-refractivity contribution in [3.63, 3.8) is 0 Å². The van der Waals surface area contributed by atoms with Crippen LogP contribution in [0.1, 0.15) is 5.56 Å². The Balaban J connectivity index is 1.78. The van der Waals surface area contributed by atoms with Crippen molar-refractivity contribution in [2.45, 2.75) is 6.42 Å². The van der Waals surface area contributed by atoms with Crippen LogP contribution in [-0.4, -0.2) is 55.1 Å². The molecule has 0 spiro atoms. The number of rotatable bonds is 7. The minimum Gasteiger partial charge on any atom is -0.497 e. The summed E-state index contributed by atoms with van der Waals surface area (Å²) in [6, 6.07) is 9.93. The quantitative estimate of drug-likeness (QED) is 0.685. The van der Waals surface area contributed by atoms with E-state index in [1.807, 2.05) is 55.7 Å². The van der Waals surface area contributed by atoms with Crippen molar-refractivity contribution >= 4 is 16.9 Å². The number of aromatic amines is 1. The van der Waals surface area contributed by atoms with Gasteiger partial charge in [0.1, 0.15) is 11.4 Å². The van der Waals surface area contributed by atoms with Gasteiger partial charge in [-0.25, -0.2) is 4.98 Å². The number of likely N-dealkylation sites (N-methyl/N-ethyl adjacent to an activating group) is 1. The van der Waals surface area contributed by atoms with Crippen molar-refractivity contribution in [2.75, 3.05) is 34.3 Å². The molecule has 0 atom stereocenters. The van der Waals surface area contributed by atoms with E-state index in [0.717, 1.165) is 40.0 Å². The molecule has 3 rings (SSSR count). The van der Waals surface area contributed by atoms with Gasteiger partial charge in [-0.1, -0.05) is 12.1 Å². The van der Waals surface area contributed by atoms with Gasteiger partial charge < -0.3 is 19.9 Å². The summed E-state index contributed by atoms with van der Waals surface area (Å²) in [7, 11) is 5.62. The number of benzene rings is 1. The number of hydrogen-bond donors (Lipinski definition) is 2. The largest absolute Gasteiger partial charge is 0.497 e. The number of fused-ring (bicyclic) bond motifs is 1. The van der Waals surface area contributed by atoms with Gasteiger partial charge in [0, 0.05) is 36.4 Å². The minimum atomic E-state index is 0.0163. The van der Waals surface area contributed by atoms with Gasteiger partial charge in [-0.3, -0.25) is 4.79 Å². The van der Waals surface area contributed by atoms with Crippen LogP contribution in [-0.2, 0) is 11.2 Å². The molecule has 1 amide bonds. The number of methoxy groups -OCH3 is 1. The molecule has 0 radical (unpaired) electrons. The molecule has 3 aromatic rings. The lowest BCUT2D eigenvalue weighted by Crippen LogP contribution is -2.32. The summed E-state index contributed by atoms with van der Waals surface area (Å²) in [5.41, 5.74) is 3.81. The average Bonchev–Trinajstić information content (AvgIpc) is 3.03. The van der Waals surface area contributed by atoms with E-state index in [9.17, 15) is 4.79 Å². The Morgan fingerprint density at radius 1 is 1.23 bits per heavy atom. The van der Waals surface area contributed by atoms with Crippen molar-refractivity contribution in [1.29, 1.82) is 0 Å². The number of carbonyl (C=O) groups excluding carboxylic acids is 1. The highest BCUT2D eigenvalue weighted by molar-refractivity contribution is 5.89. The third-order valence-electron chi connectivity index (χ3n) is 4.27. The lowest BCUT2D eigenvalue weighted by Gasteiger charge is -2.10. The van der Waals surface area contributed by atoms with Crippen LogP contribution in [0.4, 0.5) is 0 Å². The fraction of sp³-hybridized carbons (Fsp3) is 0.300. The van der Waals surface area contributed by atoms with Gasteiger partial charge in [0.2, 0.25) is 5.91 Å². The van der Waals surface area contributed by atoms with Gasteiger partial charge in [-0.2, -0.15) is 0 Å². The number of ether oxygens (including phenoxy) is 1. The molecule has 0 bridgehead atoms. The molecule has 1 aromatic carbocycles. The van der Waals surface area contributed by atoms with Crippen LogP contribution in [0.25, 0.3) is 22.2 Å². The highest BCUT2D eigenvalue weighted by Crippen LogP contribution is 2.26. The highest BCUT2D eigenvalue weighted by Gasteiger charge is 2.11. The fourth-order valence-corrected chi connectivity index (χ4v) is 2.80. The summed E-state index contributed by atoms with van der Waals surface area (Å²) in [4.78, 5) is 21.9. The third-order valence-corrected chi connectivity index (χ3v) is 4.27. The molecule has 2 N–H and O–H groups in total. The van der Waals surface area contributed by atoms with Crippen LogP contribution >= 0.6 is 0 Å². The van der Waals surface area contributed by atoms with Gasteiger partial charge in [0.05, 0.1) is 13.5 Å². The monoisotopic (exact) mass is 352 g/mol. The van der Waals surface area contributed by atoms with E-state index in [1.54, 1.807) is 7.11 Å². The molecule has 136 valence electrons. The van der Waals surface area contributed by atoms with Gasteiger partial charge in [0.25, 0.3) is 0 Å². The lowest BCUT2D eigenvalue weighted by molar-refractivity contribution is -0.120. The molecule has 2 aromatic heterocycles. The maximum absolute atomic E-state index is 12.2. The normalized spacial score (nSPS) is 11.1. The van der Waals surface area contributed by atoms with E-state index >= 15 is 0 Å². The smallest absolute Gasteiger partial charge is 0.224 e. The van der Waals surface area contributed by atoms with Crippen LogP contribution < -0.4 is 10.1 Å². The van der Waals surface area contributed by atoms with Crippen LogP contribution in [0.15, 0.2) is 42.7 Å². The molecular weight excluding hydrogens is 328 g/mol. The first kappa shape index (κ1) is 17.9. The van der Waals surface area contributed by atoms with E-state index in [-0.39, 0.29) is 5.91 Å². The Labute approximate surface area is 153 Å². The number of nitrogens with one attached hydrogen (secondary N) is 2. The first-order valence-corrected chi connectivity index (χ1v) is 8.58. The zero-order valence-electron chi connectivity index (χ0n) is 15.4. The molecular formula is C20H24N4O2. The SMILES string of the molecule is COc1ccc(-c2cnc3[nH]cc(CC(=O)NCCN(C)C)c3c2)cc1. The first-order chi connectivity index (χ1) is 12.6. The number of H-pyrrole nitrogens is 1.